The summed E-state index contributed by atoms with van der Waals surface area (Å²) in [6.07, 6.45) is 1.20. The van der Waals surface area contributed by atoms with Crippen molar-refractivity contribution >= 4 is 15.9 Å². The summed E-state index contributed by atoms with van der Waals surface area (Å²) < 4.78 is 12.3. The van der Waals surface area contributed by atoms with E-state index in [2.05, 4.69) is 22.5 Å². The van der Waals surface area contributed by atoms with Crippen molar-refractivity contribution in [1.82, 2.24) is 0 Å². The zero-order valence-corrected chi connectivity index (χ0v) is 6.33. The van der Waals surface area contributed by atoms with Crippen LogP contribution in [0.1, 0.15) is 6.92 Å². The van der Waals surface area contributed by atoms with Crippen molar-refractivity contribution in [3.63, 3.8) is 0 Å². The van der Waals surface area contributed by atoms with Crippen LogP contribution in [0.2, 0.25) is 0 Å². The molecule has 0 unspecified atom stereocenters. The van der Waals surface area contributed by atoms with Gasteiger partial charge in [-0.3, -0.25) is 0 Å². The van der Waals surface area contributed by atoms with Crippen molar-refractivity contribution in [2.24, 2.45) is 0 Å². The van der Waals surface area contributed by atoms with Crippen LogP contribution in [0.5, 0.6) is 0 Å². The number of allylic oxidation sites excluding steroid dienone is 3. The third kappa shape index (κ3) is 2.26. The quantitative estimate of drug-likeness (QED) is 0.451. The Bertz CT molecular complexity index is 116. The van der Waals surface area contributed by atoms with Gasteiger partial charge in [-0.2, -0.15) is 0 Å². The molecule has 0 bridgehead atoms. The van der Waals surface area contributed by atoms with Gasteiger partial charge in [0.15, 0.2) is 0 Å². The lowest BCUT2D eigenvalue weighted by Gasteiger charge is -1.90. The monoisotopic (exact) mass is 178 g/mol. The molecule has 0 aliphatic carbocycles. The fourth-order valence-electron chi connectivity index (χ4n) is 0.238. The minimum Gasteiger partial charge on any atom is -0.207 e. The first kappa shape index (κ1) is 7.89. The summed E-state index contributed by atoms with van der Waals surface area (Å²) >= 11 is 3.11. The average molecular weight is 179 g/mol. The van der Waals surface area contributed by atoms with E-state index in [1.54, 1.807) is 6.92 Å². The summed E-state index contributed by atoms with van der Waals surface area (Å²) in [6.45, 7) is 4.99. The van der Waals surface area contributed by atoms with Crippen LogP contribution < -0.4 is 0 Å². The molecule has 0 N–H and O–H groups in total. The maximum Gasteiger partial charge on any atom is 0.122 e. The molecule has 0 saturated carbocycles. The first-order valence-electron chi connectivity index (χ1n) is 2.26. The fraction of sp³-hybridized carbons (Fsp3) is 0.333. The van der Waals surface area contributed by atoms with E-state index in [-0.39, 0.29) is 5.83 Å². The molecule has 0 aliphatic heterocycles. The van der Waals surface area contributed by atoms with Gasteiger partial charge in [-0.1, -0.05) is 22.5 Å². The molecule has 0 aromatic rings. The highest BCUT2D eigenvalue weighted by Gasteiger charge is 1.91. The van der Waals surface area contributed by atoms with Crippen LogP contribution in [0, 0.1) is 0 Å². The lowest BCUT2D eigenvalue weighted by Crippen LogP contribution is -1.77. The molecule has 0 aromatic heterocycles. The summed E-state index contributed by atoms with van der Waals surface area (Å²) in [5.41, 5.74) is 0.681. The second kappa shape index (κ2) is 3.84. The molecule has 0 heterocycles. The summed E-state index contributed by atoms with van der Waals surface area (Å²) in [7, 11) is 0. The highest BCUT2D eigenvalue weighted by molar-refractivity contribution is 9.09. The van der Waals surface area contributed by atoms with Crippen LogP contribution in [0.25, 0.3) is 0 Å². The number of halogens is 2. The highest BCUT2D eigenvalue weighted by Crippen LogP contribution is 2.07. The van der Waals surface area contributed by atoms with Gasteiger partial charge in [-0.05, 0) is 18.6 Å². The molecule has 8 heavy (non-hydrogen) atoms. The van der Waals surface area contributed by atoms with Crippen LogP contribution >= 0.6 is 15.9 Å². The summed E-state index contributed by atoms with van der Waals surface area (Å²) in [5.74, 6) is -0.234. The number of alkyl halides is 1. The van der Waals surface area contributed by atoms with E-state index in [0.29, 0.717) is 10.9 Å². The van der Waals surface area contributed by atoms with E-state index in [1.165, 1.54) is 6.08 Å². The Kier molecular flexibility index (Phi) is 3.79. The third-order valence-electron chi connectivity index (χ3n) is 0.787. The van der Waals surface area contributed by atoms with Gasteiger partial charge in [-0.25, -0.2) is 4.39 Å². The van der Waals surface area contributed by atoms with Gasteiger partial charge in [0.1, 0.15) is 5.83 Å². The van der Waals surface area contributed by atoms with Gasteiger partial charge >= 0.3 is 0 Å². The van der Waals surface area contributed by atoms with Gasteiger partial charge in [-0.15, -0.1) is 0 Å². The molecule has 0 saturated heterocycles. The molecule has 0 spiro atoms. The fourth-order valence-corrected chi connectivity index (χ4v) is 0.506. The molecule has 0 aliphatic rings. The molecular formula is C6H8BrF. The molecular weight excluding hydrogens is 171 g/mol. The van der Waals surface area contributed by atoms with Gasteiger partial charge in [0.05, 0.1) is 0 Å². The van der Waals surface area contributed by atoms with Crippen LogP contribution in [0.3, 0.4) is 0 Å². The molecule has 0 nitrogen and oxygen atoms in total. The second-order valence-electron chi connectivity index (χ2n) is 1.47. The maximum absolute atomic E-state index is 12.3. The van der Waals surface area contributed by atoms with Crippen LogP contribution in [0.4, 0.5) is 4.39 Å². The average Bonchev–Trinajstić information content (AvgIpc) is 1.84. The molecule has 0 amide bonds. The largest absolute Gasteiger partial charge is 0.207 e. The number of hydrogen-bond donors (Lipinski definition) is 0. The molecule has 46 valence electrons. The normalized spacial score (nSPS) is 12.9. The SMILES string of the molecule is C=C/C(F)=C(\C)CBr. The van der Waals surface area contributed by atoms with E-state index >= 15 is 0 Å². The smallest absolute Gasteiger partial charge is 0.122 e. The Morgan fingerprint density at radius 2 is 2.38 bits per heavy atom. The minimum absolute atomic E-state index is 0.234. The number of rotatable bonds is 2. The Morgan fingerprint density at radius 3 is 2.50 bits per heavy atom. The van der Waals surface area contributed by atoms with Crippen molar-refractivity contribution < 1.29 is 4.39 Å². The van der Waals surface area contributed by atoms with Crippen LogP contribution in [-0.2, 0) is 0 Å². The lowest BCUT2D eigenvalue weighted by molar-refractivity contribution is 0.656. The second-order valence-corrected chi connectivity index (χ2v) is 2.03. The van der Waals surface area contributed by atoms with Crippen molar-refractivity contribution in [3.05, 3.63) is 24.1 Å². The third-order valence-corrected chi connectivity index (χ3v) is 1.63. The molecule has 0 fully saturated rings. The summed E-state index contributed by atoms with van der Waals surface area (Å²) in [5, 5.41) is 0.574. The lowest BCUT2D eigenvalue weighted by atomic mass is 10.3. The van der Waals surface area contributed by atoms with Crippen molar-refractivity contribution in [3.8, 4) is 0 Å². The summed E-state index contributed by atoms with van der Waals surface area (Å²) in [4.78, 5) is 0. The topological polar surface area (TPSA) is 0 Å². The molecule has 0 aromatic carbocycles. The Morgan fingerprint density at radius 1 is 1.88 bits per heavy atom. The zero-order valence-electron chi connectivity index (χ0n) is 4.75. The standard InChI is InChI=1S/C6H8BrF/c1-3-6(8)5(2)4-7/h3H,1,4H2,2H3/b6-5-. The zero-order chi connectivity index (χ0) is 6.57. The molecule has 0 radical (unpaired) electrons. The van der Waals surface area contributed by atoms with Gasteiger partial charge in [0.2, 0.25) is 0 Å². The number of hydrogen-bond acceptors (Lipinski definition) is 0. The van der Waals surface area contributed by atoms with E-state index in [4.69, 9.17) is 0 Å². The van der Waals surface area contributed by atoms with Gasteiger partial charge < -0.3 is 0 Å². The molecule has 0 atom stereocenters. The Balaban J connectivity index is 4.03. The van der Waals surface area contributed by atoms with E-state index < -0.39 is 0 Å². The minimum atomic E-state index is -0.234. The van der Waals surface area contributed by atoms with Crippen molar-refractivity contribution in [2.45, 2.75) is 6.92 Å². The first-order valence-corrected chi connectivity index (χ1v) is 3.38. The van der Waals surface area contributed by atoms with Crippen molar-refractivity contribution in [1.29, 1.82) is 0 Å². The summed E-state index contributed by atoms with van der Waals surface area (Å²) in [6, 6.07) is 0. The van der Waals surface area contributed by atoms with Crippen LogP contribution in [-0.4, -0.2) is 5.33 Å². The Labute approximate surface area is 57.2 Å². The first-order chi connectivity index (χ1) is 3.72. The Hall–Kier alpha value is -0.110. The van der Waals surface area contributed by atoms with E-state index in [9.17, 15) is 4.39 Å². The van der Waals surface area contributed by atoms with Gasteiger partial charge in [0.25, 0.3) is 0 Å². The van der Waals surface area contributed by atoms with Crippen LogP contribution in [0.15, 0.2) is 24.1 Å². The van der Waals surface area contributed by atoms with E-state index in [1.807, 2.05) is 0 Å². The van der Waals surface area contributed by atoms with E-state index in [0.717, 1.165) is 0 Å². The molecule has 0 rings (SSSR count). The maximum atomic E-state index is 12.3. The molecule has 2 heteroatoms. The van der Waals surface area contributed by atoms with Gasteiger partial charge in [0, 0.05) is 5.33 Å². The predicted molar refractivity (Wildman–Crippen MR) is 37.8 cm³/mol. The highest BCUT2D eigenvalue weighted by atomic mass is 79.9. The van der Waals surface area contributed by atoms with Crippen molar-refractivity contribution in [2.75, 3.05) is 5.33 Å². The predicted octanol–water partition coefficient (Wildman–Crippen LogP) is 2.81.